The Labute approximate surface area is 183 Å². The van der Waals surface area contributed by atoms with Crippen LogP contribution in [0.4, 0.5) is 10.1 Å². The summed E-state index contributed by atoms with van der Waals surface area (Å²) in [6.45, 7) is 6.71. The van der Waals surface area contributed by atoms with Crippen LogP contribution in [0.3, 0.4) is 0 Å². The maximum atomic E-state index is 14.0. The van der Waals surface area contributed by atoms with Crippen LogP contribution in [0.25, 0.3) is 0 Å². The van der Waals surface area contributed by atoms with Gasteiger partial charge in [-0.1, -0.05) is 12.1 Å². The zero-order valence-corrected chi connectivity index (χ0v) is 18.8. The van der Waals surface area contributed by atoms with E-state index in [1.165, 1.54) is 12.1 Å². The molecule has 1 N–H and O–H groups in total. The maximum absolute atomic E-state index is 14.0. The number of nitrogens with zero attached hydrogens (tertiary/aromatic N) is 2. The summed E-state index contributed by atoms with van der Waals surface area (Å²) in [5.74, 6) is 0.238. The van der Waals surface area contributed by atoms with Crippen molar-refractivity contribution in [2.24, 2.45) is 0 Å². The van der Waals surface area contributed by atoms with Gasteiger partial charge in [-0.05, 0) is 50.2 Å². The minimum atomic E-state index is -3.76. The zero-order valence-electron chi connectivity index (χ0n) is 18.0. The lowest BCUT2D eigenvalue weighted by Crippen LogP contribution is -2.47. The predicted molar refractivity (Wildman–Crippen MR) is 119 cm³/mol. The van der Waals surface area contributed by atoms with Crippen molar-refractivity contribution in [3.8, 4) is 11.5 Å². The summed E-state index contributed by atoms with van der Waals surface area (Å²) in [5, 5.41) is 0. The molecule has 0 atom stereocenters. The average molecular weight is 452 g/mol. The average Bonchev–Trinajstić information content (AvgIpc) is 2.78. The fourth-order valence-corrected chi connectivity index (χ4v) is 4.70. The molecule has 0 aromatic heterocycles. The SMILES string of the molecule is CCOc1ccc(S(=O)(=O)NCCCN2CCN(c3ccccc3OC)CC2)cc1F. The van der Waals surface area contributed by atoms with Crippen molar-refractivity contribution >= 4 is 15.7 Å². The first-order valence-corrected chi connectivity index (χ1v) is 11.9. The quantitative estimate of drug-likeness (QED) is 0.560. The molecule has 3 rings (SSSR count). The van der Waals surface area contributed by atoms with E-state index in [4.69, 9.17) is 9.47 Å². The molecule has 0 aliphatic carbocycles. The summed E-state index contributed by atoms with van der Waals surface area (Å²) in [6, 6.07) is 11.7. The van der Waals surface area contributed by atoms with Crippen LogP contribution < -0.4 is 19.1 Å². The molecule has 1 fully saturated rings. The number of hydrogen-bond acceptors (Lipinski definition) is 6. The molecule has 0 unspecified atom stereocenters. The first-order chi connectivity index (χ1) is 14.9. The zero-order chi connectivity index (χ0) is 22.3. The molecule has 0 saturated carbocycles. The van der Waals surface area contributed by atoms with Gasteiger partial charge in [0, 0.05) is 32.7 Å². The van der Waals surface area contributed by atoms with Gasteiger partial charge in [-0.3, -0.25) is 4.90 Å². The van der Waals surface area contributed by atoms with E-state index in [-0.39, 0.29) is 10.6 Å². The Hall–Kier alpha value is -2.36. The fourth-order valence-electron chi connectivity index (χ4n) is 3.62. The highest BCUT2D eigenvalue weighted by atomic mass is 32.2. The smallest absolute Gasteiger partial charge is 0.240 e. The van der Waals surface area contributed by atoms with Gasteiger partial charge >= 0.3 is 0 Å². The number of piperazine rings is 1. The van der Waals surface area contributed by atoms with Crippen LogP contribution in [0.5, 0.6) is 11.5 Å². The third kappa shape index (κ3) is 6.09. The topological polar surface area (TPSA) is 71.1 Å². The van der Waals surface area contributed by atoms with Crippen LogP contribution in [0, 0.1) is 5.82 Å². The summed E-state index contributed by atoms with van der Waals surface area (Å²) in [6.07, 6.45) is 0.674. The lowest BCUT2D eigenvalue weighted by Gasteiger charge is -2.36. The van der Waals surface area contributed by atoms with Gasteiger partial charge in [0.05, 0.1) is 24.3 Å². The first kappa shape index (κ1) is 23.3. The van der Waals surface area contributed by atoms with Gasteiger partial charge in [0.1, 0.15) is 5.75 Å². The molecule has 1 aliphatic heterocycles. The first-order valence-electron chi connectivity index (χ1n) is 10.5. The van der Waals surface area contributed by atoms with Gasteiger partial charge in [-0.25, -0.2) is 17.5 Å². The molecular weight excluding hydrogens is 421 g/mol. The normalized spacial score (nSPS) is 15.1. The van der Waals surface area contributed by atoms with E-state index in [0.29, 0.717) is 19.6 Å². The summed E-state index contributed by atoms with van der Waals surface area (Å²) in [7, 11) is -2.08. The van der Waals surface area contributed by atoms with Crippen LogP contribution in [0.15, 0.2) is 47.4 Å². The Kier molecular flexibility index (Phi) is 8.11. The molecule has 1 aliphatic rings. The molecule has 2 aromatic carbocycles. The summed E-state index contributed by atoms with van der Waals surface area (Å²) in [5.41, 5.74) is 1.10. The molecule has 0 radical (unpaired) electrons. The number of rotatable bonds is 10. The Morgan fingerprint density at radius 3 is 2.48 bits per heavy atom. The van der Waals surface area contributed by atoms with E-state index in [1.807, 2.05) is 18.2 Å². The number of para-hydroxylation sites is 2. The molecule has 0 amide bonds. The van der Waals surface area contributed by atoms with Crippen molar-refractivity contribution in [3.63, 3.8) is 0 Å². The molecule has 9 heteroatoms. The third-order valence-electron chi connectivity index (χ3n) is 5.25. The van der Waals surface area contributed by atoms with E-state index in [2.05, 4.69) is 20.6 Å². The van der Waals surface area contributed by atoms with Gasteiger partial charge in [0.2, 0.25) is 10.0 Å². The predicted octanol–water partition coefficient (Wildman–Crippen LogP) is 2.72. The molecule has 0 bridgehead atoms. The standard InChI is InChI=1S/C22H30FN3O4S/c1-3-30-21-10-9-18(17-19(21)23)31(27,28)24-11-6-12-25-13-15-26(16-14-25)20-7-4-5-8-22(20)29-2/h4-5,7-10,17,24H,3,6,11-16H2,1-2H3. The molecule has 170 valence electrons. The molecule has 0 spiro atoms. The number of nitrogens with one attached hydrogen (secondary N) is 1. The molecule has 1 heterocycles. The third-order valence-corrected chi connectivity index (χ3v) is 6.71. The second-order valence-electron chi connectivity index (χ2n) is 7.28. The minimum Gasteiger partial charge on any atom is -0.495 e. The van der Waals surface area contributed by atoms with Crippen LogP contribution in [-0.2, 0) is 10.0 Å². The lowest BCUT2D eigenvalue weighted by molar-refractivity contribution is 0.254. The second-order valence-corrected chi connectivity index (χ2v) is 9.04. The highest BCUT2D eigenvalue weighted by Crippen LogP contribution is 2.28. The highest BCUT2D eigenvalue weighted by molar-refractivity contribution is 7.89. The van der Waals surface area contributed by atoms with E-state index < -0.39 is 15.8 Å². The van der Waals surface area contributed by atoms with Crippen LogP contribution in [0.2, 0.25) is 0 Å². The molecule has 31 heavy (non-hydrogen) atoms. The number of halogens is 1. The maximum Gasteiger partial charge on any atom is 0.240 e. The fraction of sp³-hybridized carbons (Fsp3) is 0.455. The Bertz CT molecular complexity index is 963. The highest BCUT2D eigenvalue weighted by Gasteiger charge is 2.20. The molecular formula is C22H30FN3O4S. The van der Waals surface area contributed by atoms with Gasteiger partial charge in [-0.2, -0.15) is 0 Å². The van der Waals surface area contributed by atoms with Crippen molar-refractivity contribution in [3.05, 3.63) is 48.3 Å². The van der Waals surface area contributed by atoms with Crippen molar-refractivity contribution in [1.29, 1.82) is 0 Å². The van der Waals surface area contributed by atoms with Gasteiger partial charge in [-0.15, -0.1) is 0 Å². The number of anilines is 1. The van der Waals surface area contributed by atoms with Crippen molar-refractivity contribution in [2.75, 3.05) is 57.9 Å². The Morgan fingerprint density at radius 2 is 1.81 bits per heavy atom. The Morgan fingerprint density at radius 1 is 1.06 bits per heavy atom. The van der Waals surface area contributed by atoms with E-state index in [0.717, 1.165) is 50.2 Å². The van der Waals surface area contributed by atoms with Gasteiger partial charge < -0.3 is 14.4 Å². The summed E-state index contributed by atoms with van der Waals surface area (Å²) in [4.78, 5) is 4.52. The Balaban J connectivity index is 1.43. The number of methoxy groups -OCH3 is 1. The molecule has 2 aromatic rings. The van der Waals surface area contributed by atoms with Gasteiger partial charge in [0.15, 0.2) is 11.6 Å². The van der Waals surface area contributed by atoms with Crippen LogP contribution in [-0.4, -0.2) is 66.3 Å². The van der Waals surface area contributed by atoms with Gasteiger partial charge in [0.25, 0.3) is 0 Å². The van der Waals surface area contributed by atoms with E-state index >= 15 is 0 Å². The second kappa shape index (κ2) is 10.8. The van der Waals surface area contributed by atoms with Crippen LogP contribution >= 0.6 is 0 Å². The summed E-state index contributed by atoms with van der Waals surface area (Å²) < 4.78 is 51.9. The minimum absolute atomic E-state index is 0.0497. The molecule has 7 nitrogen and oxygen atoms in total. The summed E-state index contributed by atoms with van der Waals surface area (Å²) >= 11 is 0. The van der Waals surface area contributed by atoms with Crippen molar-refractivity contribution in [2.45, 2.75) is 18.2 Å². The number of sulfonamides is 1. The monoisotopic (exact) mass is 451 g/mol. The van der Waals surface area contributed by atoms with Crippen LogP contribution in [0.1, 0.15) is 13.3 Å². The largest absolute Gasteiger partial charge is 0.495 e. The number of benzene rings is 2. The number of hydrogen-bond donors (Lipinski definition) is 1. The number of ether oxygens (including phenoxy) is 2. The molecule has 1 saturated heterocycles. The van der Waals surface area contributed by atoms with Crippen molar-refractivity contribution in [1.82, 2.24) is 9.62 Å². The van der Waals surface area contributed by atoms with Crippen molar-refractivity contribution < 1.29 is 22.3 Å². The van der Waals surface area contributed by atoms with E-state index in [1.54, 1.807) is 14.0 Å². The van der Waals surface area contributed by atoms with E-state index in [9.17, 15) is 12.8 Å². The lowest BCUT2D eigenvalue weighted by atomic mass is 10.2.